The molecule has 0 radical (unpaired) electrons. The van der Waals surface area contributed by atoms with Crippen LogP contribution in [0.1, 0.15) is 32.1 Å². The lowest BCUT2D eigenvalue weighted by Crippen LogP contribution is -2.41. The molecule has 1 fully saturated rings. The van der Waals surface area contributed by atoms with Gasteiger partial charge in [-0.25, -0.2) is 8.78 Å². The highest BCUT2D eigenvalue weighted by atomic mass is 19.1. The molecule has 3 rings (SSSR count). The molecule has 3 nitrogen and oxygen atoms in total. The predicted molar refractivity (Wildman–Crippen MR) is 69.0 cm³/mol. The molecule has 1 saturated carbocycles. The van der Waals surface area contributed by atoms with Crippen LogP contribution >= 0.6 is 0 Å². The van der Waals surface area contributed by atoms with E-state index in [-0.39, 0.29) is 11.6 Å². The zero-order valence-corrected chi connectivity index (χ0v) is 10.6. The van der Waals surface area contributed by atoms with E-state index in [1.165, 1.54) is 6.07 Å². The van der Waals surface area contributed by atoms with Crippen molar-refractivity contribution in [2.45, 2.75) is 32.1 Å². The predicted octanol–water partition coefficient (Wildman–Crippen LogP) is 3.28. The van der Waals surface area contributed by atoms with Crippen LogP contribution in [0.5, 0.6) is 0 Å². The first kappa shape index (κ1) is 12.4. The molecule has 1 aromatic carbocycles. The van der Waals surface area contributed by atoms with E-state index in [1.54, 1.807) is 0 Å². The SMILES string of the molecule is O=C1Nc2c(F)cc(F)cc2NCC12CCCCC2. The minimum atomic E-state index is -0.733. The number of nitrogens with one attached hydrogen (secondary N) is 2. The molecular formula is C14H16F2N2O. The van der Waals surface area contributed by atoms with Gasteiger partial charge in [0.15, 0.2) is 5.82 Å². The summed E-state index contributed by atoms with van der Waals surface area (Å²) in [7, 11) is 0. The molecule has 2 N–H and O–H groups in total. The number of carbonyl (C=O) groups excluding carboxylic acids is 1. The van der Waals surface area contributed by atoms with Crippen molar-refractivity contribution in [3.8, 4) is 0 Å². The van der Waals surface area contributed by atoms with Crippen LogP contribution in [0.4, 0.5) is 20.2 Å². The van der Waals surface area contributed by atoms with Gasteiger partial charge < -0.3 is 10.6 Å². The summed E-state index contributed by atoms with van der Waals surface area (Å²) in [5, 5.41) is 5.67. The summed E-state index contributed by atoms with van der Waals surface area (Å²) in [6, 6.07) is 2.01. The van der Waals surface area contributed by atoms with Crippen molar-refractivity contribution in [1.29, 1.82) is 0 Å². The Morgan fingerprint density at radius 1 is 1.11 bits per heavy atom. The fourth-order valence-electron chi connectivity index (χ4n) is 3.06. The highest BCUT2D eigenvalue weighted by Gasteiger charge is 2.41. The fraction of sp³-hybridized carbons (Fsp3) is 0.500. The molecule has 1 amide bonds. The van der Waals surface area contributed by atoms with Gasteiger partial charge in [-0.3, -0.25) is 4.79 Å². The highest BCUT2D eigenvalue weighted by Crippen LogP contribution is 2.41. The molecule has 0 unspecified atom stereocenters. The average molecular weight is 266 g/mol. The van der Waals surface area contributed by atoms with Gasteiger partial charge in [-0.05, 0) is 18.9 Å². The van der Waals surface area contributed by atoms with Crippen LogP contribution in [0.25, 0.3) is 0 Å². The number of carbonyl (C=O) groups is 1. The molecule has 1 aliphatic heterocycles. The minimum Gasteiger partial charge on any atom is -0.382 e. The standard InChI is InChI=1S/C14H16F2N2O/c15-9-6-10(16)12-11(7-9)17-8-14(13(19)18-12)4-2-1-3-5-14/h6-7,17H,1-5,8H2,(H,18,19). The van der Waals surface area contributed by atoms with Crippen molar-refractivity contribution < 1.29 is 13.6 Å². The van der Waals surface area contributed by atoms with Crippen molar-refractivity contribution in [1.82, 2.24) is 0 Å². The number of halogens is 2. The molecule has 5 heteroatoms. The Kier molecular flexibility index (Phi) is 2.92. The molecule has 0 aromatic heterocycles. The van der Waals surface area contributed by atoms with Gasteiger partial charge in [0.2, 0.25) is 5.91 Å². The van der Waals surface area contributed by atoms with E-state index in [0.29, 0.717) is 12.2 Å². The fourth-order valence-corrected chi connectivity index (χ4v) is 3.06. The third-order valence-electron chi connectivity index (χ3n) is 4.20. The molecule has 0 saturated heterocycles. The van der Waals surface area contributed by atoms with Gasteiger partial charge in [0, 0.05) is 12.6 Å². The first-order valence-corrected chi connectivity index (χ1v) is 6.65. The monoisotopic (exact) mass is 266 g/mol. The second kappa shape index (κ2) is 4.47. The van der Waals surface area contributed by atoms with Crippen molar-refractivity contribution in [2.24, 2.45) is 5.41 Å². The second-order valence-electron chi connectivity index (χ2n) is 5.46. The first-order valence-electron chi connectivity index (χ1n) is 6.65. The quantitative estimate of drug-likeness (QED) is 0.756. The largest absolute Gasteiger partial charge is 0.382 e. The summed E-state index contributed by atoms with van der Waals surface area (Å²) < 4.78 is 27.0. The number of benzene rings is 1. The van der Waals surface area contributed by atoms with Gasteiger partial charge >= 0.3 is 0 Å². The Hall–Kier alpha value is -1.65. The molecule has 0 atom stereocenters. The van der Waals surface area contributed by atoms with Crippen LogP contribution in [0, 0.1) is 17.0 Å². The van der Waals surface area contributed by atoms with Crippen LogP contribution < -0.4 is 10.6 Å². The Morgan fingerprint density at radius 2 is 1.84 bits per heavy atom. The van der Waals surface area contributed by atoms with Gasteiger partial charge in [-0.1, -0.05) is 19.3 Å². The molecular weight excluding hydrogens is 250 g/mol. The van der Waals surface area contributed by atoms with E-state index in [0.717, 1.165) is 38.2 Å². The van der Waals surface area contributed by atoms with Crippen LogP contribution in [-0.4, -0.2) is 12.5 Å². The van der Waals surface area contributed by atoms with E-state index in [2.05, 4.69) is 10.6 Å². The second-order valence-corrected chi connectivity index (χ2v) is 5.46. The van der Waals surface area contributed by atoms with Crippen molar-refractivity contribution in [2.75, 3.05) is 17.2 Å². The maximum absolute atomic E-state index is 13.7. The smallest absolute Gasteiger partial charge is 0.232 e. The summed E-state index contributed by atoms with van der Waals surface area (Å²) in [4.78, 5) is 12.4. The average Bonchev–Trinajstić information content (AvgIpc) is 2.52. The van der Waals surface area contributed by atoms with Crippen molar-refractivity contribution in [3.63, 3.8) is 0 Å². The number of anilines is 2. The van der Waals surface area contributed by atoms with Crippen LogP contribution in [0.15, 0.2) is 12.1 Å². The normalized spacial score (nSPS) is 21.3. The van der Waals surface area contributed by atoms with Gasteiger partial charge in [0.05, 0.1) is 11.1 Å². The number of fused-ring (bicyclic) bond motifs is 1. The number of amides is 1. The van der Waals surface area contributed by atoms with Crippen molar-refractivity contribution >= 4 is 17.3 Å². The molecule has 1 heterocycles. The Bertz CT molecular complexity index is 524. The van der Waals surface area contributed by atoms with Crippen molar-refractivity contribution in [3.05, 3.63) is 23.8 Å². The van der Waals surface area contributed by atoms with E-state index in [9.17, 15) is 13.6 Å². The third-order valence-corrected chi connectivity index (χ3v) is 4.20. The van der Waals surface area contributed by atoms with Gasteiger partial charge in [-0.2, -0.15) is 0 Å². The number of rotatable bonds is 0. The summed E-state index contributed by atoms with van der Waals surface area (Å²) in [6.45, 7) is 0.439. The summed E-state index contributed by atoms with van der Waals surface area (Å²) in [5.74, 6) is -1.52. The minimum absolute atomic E-state index is 0.0637. The lowest BCUT2D eigenvalue weighted by molar-refractivity contribution is -0.126. The zero-order valence-electron chi connectivity index (χ0n) is 10.6. The Balaban J connectivity index is 1.97. The molecule has 19 heavy (non-hydrogen) atoms. The summed E-state index contributed by atoms with van der Waals surface area (Å²) in [6.07, 6.45) is 4.73. The van der Waals surface area contributed by atoms with E-state index in [1.807, 2.05) is 0 Å². The third kappa shape index (κ3) is 2.07. The maximum Gasteiger partial charge on any atom is 0.232 e. The topological polar surface area (TPSA) is 41.1 Å². The Labute approximate surface area is 110 Å². The molecule has 2 aliphatic rings. The molecule has 102 valence electrons. The summed E-state index contributed by atoms with van der Waals surface area (Å²) in [5.41, 5.74) is -0.0950. The van der Waals surface area contributed by atoms with Crippen LogP contribution in [0.3, 0.4) is 0 Å². The van der Waals surface area contributed by atoms with E-state index in [4.69, 9.17) is 0 Å². The molecule has 0 bridgehead atoms. The lowest BCUT2D eigenvalue weighted by Gasteiger charge is -2.34. The van der Waals surface area contributed by atoms with Gasteiger partial charge in [-0.15, -0.1) is 0 Å². The van der Waals surface area contributed by atoms with E-state index < -0.39 is 17.0 Å². The first-order chi connectivity index (χ1) is 9.11. The van der Waals surface area contributed by atoms with E-state index >= 15 is 0 Å². The van der Waals surface area contributed by atoms with Gasteiger partial charge in [0.25, 0.3) is 0 Å². The van der Waals surface area contributed by atoms with Crippen LogP contribution in [-0.2, 0) is 4.79 Å². The highest BCUT2D eigenvalue weighted by molar-refractivity contribution is 6.00. The lowest BCUT2D eigenvalue weighted by atomic mass is 9.73. The molecule has 1 spiro atoms. The number of hydrogen-bond acceptors (Lipinski definition) is 2. The van der Waals surface area contributed by atoms with Gasteiger partial charge in [0.1, 0.15) is 11.5 Å². The molecule has 1 aromatic rings. The molecule has 1 aliphatic carbocycles. The maximum atomic E-state index is 13.7. The number of hydrogen-bond donors (Lipinski definition) is 2. The summed E-state index contributed by atoms with van der Waals surface area (Å²) >= 11 is 0. The zero-order chi connectivity index (χ0) is 13.5. The van der Waals surface area contributed by atoms with Crippen LogP contribution in [0.2, 0.25) is 0 Å². The Morgan fingerprint density at radius 3 is 2.58 bits per heavy atom.